The Morgan fingerprint density at radius 1 is 0.900 bits per heavy atom. The van der Waals surface area contributed by atoms with E-state index in [0.717, 1.165) is 31.9 Å². The Hall–Kier alpha value is -2.89. The summed E-state index contributed by atoms with van der Waals surface area (Å²) in [6.07, 6.45) is 1.64. The number of furan rings is 1. The molecule has 2 aromatic carbocycles. The van der Waals surface area contributed by atoms with Gasteiger partial charge in [0.25, 0.3) is 5.91 Å². The lowest BCUT2D eigenvalue weighted by Gasteiger charge is -2.35. The van der Waals surface area contributed by atoms with Crippen molar-refractivity contribution in [3.63, 3.8) is 0 Å². The van der Waals surface area contributed by atoms with Crippen molar-refractivity contribution in [2.24, 2.45) is 0 Å². The predicted molar refractivity (Wildman–Crippen MR) is 116 cm³/mol. The molecule has 1 fully saturated rings. The zero-order valence-electron chi connectivity index (χ0n) is 17.5. The standard InChI is InChI=1S/C25H29N3O2/c1-20(23-13-8-18-30-23)26-24(29)19-27-14-16-28(17-15-27)25(21-9-4-2-5-10-21)22-11-6-3-7-12-22/h2-13,18,20,25H,14-17,19H2,1H3,(H,26,29)/p+2/t20-/m1/s1. The van der Waals surface area contributed by atoms with Gasteiger partial charge in [-0.2, -0.15) is 0 Å². The molecule has 5 nitrogen and oxygen atoms in total. The molecular formula is C25H31N3O2+2. The van der Waals surface area contributed by atoms with Crippen molar-refractivity contribution in [2.75, 3.05) is 32.7 Å². The van der Waals surface area contributed by atoms with Crippen LogP contribution in [0.25, 0.3) is 0 Å². The average molecular weight is 406 g/mol. The Kier molecular flexibility index (Phi) is 6.62. The van der Waals surface area contributed by atoms with Crippen molar-refractivity contribution >= 4 is 5.91 Å². The smallest absolute Gasteiger partial charge is 0.275 e. The van der Waals surface area contributed by atoms with Gasteiger partial charge in [-0.1, -0.05) is 60.7 Å². The van der Waals surface area contributed by atoms with Gasteiger partial charge in [-0.15, -0.1) is 0 Å². The van der Waals surface area contributed by atoms with Crippen LogP contribution in [0.4, 0.5) is 0 Å². The lowest BCUT2D eigenvalue weighted by atomic mass is 9.96. The summed E-state index contributed by atoms with van der Waals surface area (Å²) in [7, 11) is 0. The van der Waals surface area contributed by atoms with Crippen molar-refractivity contribution in [3.8, 4) is 0 Å². The van der Waals surface area contributed by atoms with Crippen LogP contribution in [0, 0.1) is 0 Å². The molecule has 1 aromatic heterocycles. The van der Waals surface area contributed by atoms with Gasteiger partial charge in [0, 0.05) is 11.1 Å². The highest BCUT2D eigenvalue weighted by atomic mass is 16.3. The summed E-state index contributed by atoms with van der Waals surface area (Å²) in [6.45, 7) is 6.55. The van der Waals surface area contributed by atoms with Gasteiger partial charge in [-0.3, -0.25) is 4.79 Å². The number of hydrogen-bond acceptors (Lipinski definition) is 2. The first-order valence-electron chi connectivity index (χ1n) is 10.8. The average Bonchev–Trinajstić information content (AvgIpc) is 3.32. The number of carbonyl (C=O) groups excluding carboxylic acids is 1. The normalized spacial score (nSPS) is 20.1. The van der Waals surface area contributed by atoms with E-state index in [4.69, 9.17) is 4.42 Å². The maximum Gasteiger partial charge on any atom is 0.275 e. The maximum absolute atomic E-state index is 12.5. The van der Waals surface area contributed by atoms with Gasteiger partial charge in [-0.05, 0) is 19.1 Å². The minimum atomic E-state index is -0.0978. The number of quaternary nitrogens is 2. The summed E-state index contributed by atoms with van der Waals surface area (Å²) in [5.74, 6) is 0.876. The van der Waals surface area contributed by atoms with Crippen LogP contribution in [0.3, 0.4) is 0 Å². The van der Waals surface area contributed by atoms with Crippen LogP contribution >= 0.6 is 0 Å². The molecule has 0 unspecified atom stereocenters. The Bertz CT molecular complexity index is 865. The summed E-state index contributed by atoms with van der Waals surface area (Å²) >= 11 is 0. The molecular weight excluding hydrogens is 374 g/mol. The van der Waals surface area contributed by atoms with E-state index in [1.807, 2.05) is 19.1 Å². The van der Waals surface area contributed by atoms with Crippen LogP contribution in [0.2, 0.25) is 0 Å². The second-order valence-corrected chi connectivity index (χ2v) is 8.14. The van der Waals surface area contributed by atoms with Crippen molar-refractivity contribution in [3.05, 3.63) is 95.9 Å². The quantitative estimate of drug-likeness (QED) is 0.550. The first kappa shape index (κ1) is 20.4. The molecule has 1 saturated heterocycles. The fourth-order valence-corrected chi connectivity index (χ4v) is 4.47. The van der Waals surface area contributed by atoms with E-state index >= 15 is 0 Å². The van der Waals surface area contributed by atoms with Crippen LogP contribution in [0.5, 0.6) is 0 Å². The van der Waals surface area contributed by atoms with Crippen molar-refractivity contribution in [2.45, 2.75) is 19.0 Å². The van der Waals surface area contributed by atoms with Crippen molar-refractivity contribution < 1.29 is 19.0 Å². The van der Waals surface area contributed by atoms with Crippen molar-refractivity contribution in [1.29, 1.82) is 0 Å². The van der Waals surface area contributed by atoms with Crippen LogP contribution in [-0.2, 0) is 4.79 Å². The summed E-state index contributed by atoms with van der Waals surface area (Å²) in [5, 5.41) is 3.05. The molecule has 1 aliphatic rings. The van der Waals surface area contributed by atoms with Gasteiger partial charge >= 0.3 is 0 Å². The highest BCUT2D eigenvalue weighted by Gasteiger charge is 2.32. The molecule has 4 rings (SSSR count). The lowest BCUT2D eigenvalue weighted by Crippen LogP contribution is -3.28. The molecule has 156 valence electrons. The third-order valence-corrected chi connectivity index (χ3v) is 6.03. The van der Waals surface area contributed by atoms with E-state index in [1.54, 1.807) is 11.2 Å². The Balaban J connectivity index is 1.36. The number of rotatable bonds is 7. The van der Waals surface area contributed by atoms with Crippen LogP contribution < -0.4 is 15.1 Å². The summed E-state index contributed by atoms with van der Waals surface area (Å²) in [4.78, 5) is 15.4. The van der Waals surface area contributed by atoms with Gasteiger partial charge in [0.05, 0.1) is 12.3 Å². The molecule has 1 amide bonds. The minimum absolute atomic E-state index is 0.0834. The molecule has 1 atom stereocenters. The van der Waals surface area contributed by atoms with Gasteiger partial charge in [-0.25, -0.2) is 0 Å². The highest BCUT2D eigenvalue weighted by Crippen LogP contribution is 2.18. The number of amides is 1. The van der Waals surface area contributed by atoms with Crippen LogP contribution in [-0.4, -0.2) is 38.6 Å². The molecule has 0 saturated carbocycles. The van der Waals surface area contributed by atoms with E-state index in [0.29, 0.717) is 12.6 Å². The summed E-state index contributed by atoms with van der Waals surface area (Å²) in [6, 6.07) is 25.5. The van der Waals surface area contributed by atoms with E-state index in [9.17, 15) is 4.79 Å². The number of carbonyl (C=O) groups is 1. The first-order chi connectivity index (χ1) is 14.7. The second kappa shape index (κ2) is 9.74. The molecule has 5 heteroatoms. The van der Waals surface area contributed by atoms with Gasteiger partial charge in [0.2, 0.25) is 0 Å². The SMILES string of the molecule is C[C@@H](NC(=O)C[NH+]1CC[NH+](C(c2ccccc2)c2ccccc2)CC1)c1ccco1. The largest absolute Gasteiger partial charge is 0.467 e. The topological polar surface area (TPSA) is 51.1 Å². The van der Waals surface area contributed by atoms with E-state index < -0.39 is 0 Å². The van der Waals surface area contributed by atoms with Crippen LogP contribution in [0.15, 0.2) is 83.5 Å². The van der Waals surface area contributed by atoms with Gasteiger partial charge < -0.3 is 19.5 Å². The molecule has 0 bridgehead atoms. The minimum Gasteiger partial charge on any atom is -0.467 e. The third kappa shape index (κ3) is 4.99. The molecule has 2 heterocycles. The molecule has 0 spiro atoms. The first-order valence-corrected chi connectivity index (χ1v) is 10.8. The summed E-state index contributed by atoms with van der Waals surface area (Å²) in [5.41, 5.74) is 2.71. The third-order valence-electron chi connectivity index (χ3n) is 6.03. The Labute approximate surface area is 178 Å². The number of hydrogen-bond donors (Lipinski definition) is 3. The lowest BCUT2D eigenvalue weighted by molar-refractivity contribution is -1.02. The Morgan fingerprint density at radius 2 is 1.50 bits per heavy atom. The molecule has 3 N–H and O–H groups in total. The Morgan fingerprint density at radius 3 is 2.03 bits per heavy atom. The fourth-order valence-electron chi connectivity index (χ4n) is 4.47. The second-order valence-electron chi connectivity index (χ2n) is 8.14. The maximum atomic E-state index is 12.5. The zero-order chi connectivity index (χ0) is 20.8. The van der Waals surface area contributed by atoms with Crippen LogP contribution in [0.1, 0.15) is 35.9 Å². The van der Waals surface area contributed by atoms with Gasteiger partial charge in [0.1, 0.15) is 38.0 Å². The van der Waals surface area contributed by atoms with E-state index in [-0.39, 0.29) is 11.9 Å². The summed E-state index contributed by atoms with van der Waals surface area (Å²) < 4.78 is 5.39. The number of benzene rings is 2. The fraction of sp³-hybridized carbons (Fsp3) is 0.320. The zero-order valence-corrected chi connectivity index (χ0v) is 17.5. The molecule has 0 aliphatic carbocycles. The highest BCUT2D eigenvalue weighted by molar-refractivity contribution is 5.77. The van der Waals surface area contributed by atoms with E-state index in [1.165, 1.54) is 16.0 Å². The van der Waals surface area contributed by atoms with E-state index in [2.05, 4.69) is 66.0 Å². The molecule has 1 aliphatic heterocycles. The monoisotopic (exact) mass is 405 g/mol. The molecule has 0 radical (unpaired) electrons. The van der Waals surface area contributed by atoms with Gasteiger partial charge in [0.15, 0.2) is 6.54 Å². The van der Waals surface area contributed by atoms with Crippen molar-refractivity contribution in [1.82, 2.24) is 5.32 Å². The number of piperazine rings is 1. The number of nitrogens with one attached hydrogen (secondary N) is 3. The molecule has 3 aromatic rings. The molecule has 30 heavy (non-hydrogen) atoms. The predicted octanol–water partition coefficient (Wildman–Crippen LogP) is 1.03.